The molecular formula is C10H12F2O2. The van der Waals surface area contributed by atoms with Gasteiger partial charge in [0.2, 0.25) is 0 Å². The van der Waals surface area contributed by atoms with Crippen LogP contribution in [-0.4, -0.2) is 11.2 Å². The van der Waals surface area contributed by atoms with E-state index in [2.05, 4.69) is 0 Å². The van der Waals surface area contributed by atoms with E-state index >= 15 is 0 Å². The van der Waals surface area contributed by atoms with Crippen molar-refractivity contribution in [1.29, 1.82) is 0 Å². The number of phenols is 1. The maximum absolute atomic E-state index is 12.3. The lowest BCUT2D eigenvalue weighted by atomic mass is 10.2. The van der Waals surface area contributed by atoms with E-state index in [0.717, 1.165) is 6.07 Å². The highest BCUT2D eigenvalue weighted by Crippen LogP contribution is 2.31. The van der Waals surface area contributed by atoms with Gasteiger partial charge in [0, 0.05) is 5.56 Å². The van der Waals surface area contributed by atoms with Crippen molar-refractivity contribution in [3.8, 4) is 11.5 Å². The third-order valence-electron chi connectivity index (χ3n) is 1.60. The molecule has 1 aromatic carbocycles. The molecule has 0 spiro atoms. The van der Waals surface area contributed by atoms with Crippen molar-refractivity contribution in [2.45, 2.75) is 26.4 Å². The lowest BCUT2D eigenvalue weighted by Crippen LogP contribution is -2.06. The molecule has 0 aliphatic carbocycles. The zero-order chi connectivity index (χ0) is 10.7. The summed E-state index contributed by atoms with van der Waals surface area (Å²) in [5.74, 6) is -0.0269. The van der Waals surface area contributed by atoms with Crippen LogP contribution in [0.25, 0.3) is 0 Å². The molecule has 0 radical (unpaired) electrons. The molecule has 0 aliphatic heterocycles. The molecule has 0 unspecified atom stereocenters. The first-order valence-electron chi connectivity index (χ1n) is 4.28. The van der Waals surface area contributed by atoms with Crippen LogP contribution in [0, 0.1) is 0 Å². The molecule has 0 saturated carbocycles. The molecule has 0 heterocycles. The van der Waals surface area contributed by atoms with Crippen LogP contribution in [0.1, 0.15) is 25.8 Å². The molecule has 0 fully saturated rings. The van der Waals surface area contributed by atoms with Crippen molar-refractivity contribution >= 4 is 0 Å². The molecule has 1 rings (SSSR count). The Morgan fingerprint density at radius 1 is 1.29 bits per heavy atom. The molecule has 4 heteroatoms. The minimum Gasteiger partial charge on any atom is -0.504 e. The number of halogens is 2. The molecule has 0 saturated heterocycles. The summed E-state index contributed by atoms with van der Waals surface area (Å²) in [7, 11) is 0. The summed E-state index contributed by atoms with van der Waals surface area (Å²) >= 11 is 0. The zero-order valence-corrected chi connectivity index (χ0v) is 8.00. The van der Waals surface area contributed by atoms with Crippen LogP contribution in [0.15, 0.2) is 18.2 Å². The fraction of sp³-hybridized carbons (Fsp3) is 0.400. The number of rotatable bonds is 3. The molecule has 0 aliphatic rings. The molecule has 2 nitrogen and oxygen atoms in total. The third kappa shape index (κ3) is 2.58. The number of hydrogen-bond donors (Lipinski definition) is 1. The Hall–Kier alpha value is -1.32. The molecule has 0 amide bonds. The predicted molar refractivity (Wildman–Crippen MR) is 48.8 cm³/mol. The van der Waals surface area contributed by atoms with Gasteiger partial charge in [-0.1, -0.05) is 0 Å². The lowest BCUT2D eigenvalue weighted by Gasteiger charge is -2.12. The molecule has 0 bridgehead atoms. The van der Waals surface area contributed by atoms with E-state index < -0.39 is 6.43 Å². The van der Waals surface area contributed by atoms with Crippen molar-refractivity contribution in [2.24, 2.45) is 0 Å². The highest BCUT2D eigenvalue weighted by atomic mass is 19.3. The average Bonchev–Trinajstić information content (AvgIpc) is 2.07. The van der Waals surface area contributed by atoms with Gasteiger partial charge < -0.3 is 9.84 Å². The Balaban J connectivity index is 2.96. The van der Waals surface area contributed by atoms with Crippen molar-refractivity contribution < 1.29 is 18.6 Å². The third-order valence-corrected chi connectivity index (χ3v) is 1.60. The van der Waals surface area contributed by atoms with Crippen LogP contribution in [-0.2, 0) is 0 Å². The Labute approximate surface area is 81.1 Å². The monoisotopic (exact) mass is 202 g/mol. The van der Waals surface area contributed by atoms with Crippen LogP contribution >= 0.6 is 0 Å². The standard InChI is InChI=1S/C10H12F2O2/c1-6(2)14-9-5-7(10(11)12)3-4-8(9)13/h3-6,10,13H,1-2H3. The van der Waals surface area contributed by atoms with Crippen LogP contribution in [0.2, 0.25) is 0 Å². The van der Waals surface area contributed by atoms with E-state index in [1.807, 2.05) is 0 Å². The van der Waals surface area contributed by atoms with Crippen LogP contribution in [0.3, 0.4) is 0 Å². The normalized spacial score (nSPS) is 11.0. The second kappa shape index (κ2) is 4.26. The van der Waals surface area contributed by atoms with Gasteiger partial charge in [-0.15, -0.1) is 0 Å². The van der Waals surface area contributed by atoms with Crippen molar-refractivity contribution in [1.82, 2.24) is 0 Å². The molecular weight excluding hydrogens is 190 g/mol. The Morgan fingerprint density at radius 2 is 1.93 bits per heavy atom. The Bertz CT molecular complexity index is 311. The van der Waals surface area contributed by atoms with Crippen molar-refractivity contribution in [3.63, 3.8) is 0 Å². The summed E-state index contributed by atoms with van der Waals surface area (Å²) < 4.78 is 29.7. The van der Waals surface area contributed by atoms with E-state index in [-0.39, 0.29) is 23.2 Å². The fourth-order valence-electron chi connectivity index (χ4n) is 1.01. The van der Waals surface area contributed by atoms with E-state index in [4.69, 9.17) is 4.74 Å². The fourth-order valence-corrected chi connectivity index (χ4v) is 1.01. The van der Waals surface area contributed by atoms with E-state index in [9.17, 15) is 13.9 Å². The molecule has 14 heavy (non-hydrogen) atoms. The minimum absolute atomic E-state index is 0.0952. The SMILES string of the molecule is CC(C)Oc1cc(C(F)F)ccc1O. The number of benzene rings is 1. The number of aromatic hydroxyl groups is 1. The van der Waals surface area contributed by atoms with Gasteiger partial charge in [-0.2, -0.15) is 0 Å². The molecule has 1 aromatic rings. The van der Waals surface area contributed by atoms with Crippen LogP contribution in [0.4, 0.5) is 8.78 Å². The summed E-state index contributed by atoms with van der Waals surface area (Å²) in [6, 6.07) is 3.53. The van der Waals surface area contributed by atoms with Gasteiger partial charge in [0.05, 0.1) is 6.10 Å². The summed E-state index contributed by atoms with van der Waals surface area (Å²) in [5.41, 5.74) is -0.154. The van der Waals surface area contributed by atoms with Gasteiger partial charge in [-0.05, 0) is 32.0 Å². The van der Waals surface area contributed by atoms with Gasteiger partial charge in [-0.3, -0.25) is 0 Å². The Kier molecular flexibility index (Phi) is 3.28. The van der Waals surface area contributed by atoms with Crippen LogP contribution in [0.5, 0.6) is 11.5 Å². The largest absolute Gasteiger partial charge is 0.504 e. The summed E-state index contributed by atoms with van der Waals surface area (Å²) in [4.78, 5) is 0. The van der Waals surface area contributed by atoms with Gasteiger partial charge >= 0.3 is 0 Å². The van der Waals surface area contributed by atoms with Gasteiger partial charge in [0.15, 0.2) is 11.5 Å². The van der Waals surface area contributed by atoms with Gasteiger partial charge in [-0.25, -0.2) is 8.78 Å². The Morgan fingerprint density at radius 3 is 2.43 bits per heavy atom. The average molecular weight is 202 g/mol. The summed E-state index contributed by atoms with van der Waals surface area (Å²) in [5, 5.41) is 9.30. The second-order valence-corrected chi connectivity index (χ2v) is 3.19. The minimum atomic E-state index is -2.55. The first-order valence-corrected chi connectivity index (χ1v) is 4.28. The number of phenolic OH excluding ortho intramolecular Hbond substituents is 1. The topological polar surface area (TPSA) is 29.5 Å². The van der Waals surface area contributed by atoms with Gasteiger partial charge in [0.1, 0.15) is 0 Å². The maximum atomic E-state index is 12.3. The predicted octanol–water partition coefficient (Wildman–Crippen LogP) is 3.12. The molecule has 0 aromatic heterocycles. The lowest BCUT2D eigenvalue weighted by molar-refractivity contribution is 0.150. The molecule has 78 valence electrons. The first kappa shape index (κ1) is 10.8. The second-order valence-electron chi connectivity index (χ2n) is 3.19. The highest BCUT2D eigenvalue weighted by molar-refractivity contribution is 5.42. The number of hydrogen-bond acceptors (Lipinski definition) is 2. The van der Waals surface area contributed by atoms with E-state index in [1.54, 1.807) is 13.8 Å². The molecule has 0 atom stereocenters. The van der Waals surface area contributed by atoms with E-state index in [1.165, 1.54) is 12.1 Å². The quantitative estimate of drug-likeness (QED) is 0.815. The number of alkyl halides is 2. The zero-order valence-electron chi connectivity index (χ0n) is 8.00. The number of ether oxygens (including phenoxy) is 1. The highest BCUT2D eigenvalue weighted by Gasteiger charge is 2.11. The van der Waals surface area contributed by atoms with Gasteiger partial charge in [0.25, 0.3) is 6.43 Å². The van der Waals surface area contributed by atoms with E-state index in [0.29, 0.717) is 0 Å². The smallest absolute Gasteiger partial charge is 0.263 e. The summed E-state index contributed by atoms with van der Waals surface area (Å²) in [6.07, 6.45) is -2.71. The van der Waals surface area contributed by atoms with Crippen LogP contribution < -0.4 is 4.74 Å². The first-order chi connectivity index (χ1) is 6.50. The van der Waals surface area contributed by atoms with Crippen molar-refractivity contribution in [2.75, 3.05) is 0 Å². The maximum Gasteiger partial charge on any atom is 0.263 e. The summed E-state index contributed by atoms with van der Waals surface area (Å²) in [6.45, 7) is 3.52. The van der Waals surface area contributed by atoms with Crippen molar-refractivity contribution in [3.05, 3.63) is 23.8 Å². The molecule has 1 N–H and O–H groups in total.